The van der Waals surface area contributed by atoms with Gasteiger partial charge in [0.1, 0.15) is 6.10 Å². The van der Waals surface area contributed by atoms with Crippen LogP contribution < -0.4 is 0 Å². The maximum atomic E-state index is 10.2. The minimum absolute atomic E-state index is 0.0392. The van der Waals surface area contributed by atoms with Gasteiger partial charge in [-0.05, 0) is 19.1 Å². The van der Waals surface area contributed by atoms with Crippen LogP contribution in [0.4, 0.5) is 0 Å². The molecule has 4 heteroatoms. The van der Waals surface area contributed by atoms with Crippen LogP contribution in [0.2, 0.25) is 0 Å². The summed E-state index contributed by atoms with van der Waals surface area (Å²) in [6, 6.07) is 5.72. The Hall–Kier alpha value is -1.26. The number of aromatic nitrogens is 2. The monoisotopic (exact) mass is 234 g/mol. The van der Waals surface area contributed by atoms with E-state index in [2.05, 4.69) is 9.97 Å². The molecule has 0 fully saturated rings. The van der Waals surface area contributed by atoms with Gasteiger partial charge in [-0.3, -0.25) is 4.98 Å². The first-order valence-corrected chi connectivity index (χ1v) is 6.07. The quantitative estimate of drug-likeness (QED) is 0.888. The second-order valence-corrected chi connectivity index (χ2v) is 4.84. The summed E-state index contributed by atoms with van der Waals surface area (Å²) < 4.78 is 0. The molecule has 2 heterocycles. The van der Waals surface area contributed by atoms with Crippen LogP contribution in [0, 0.1) is 6.92 Å². The first-order chi connectivity index (χ1) is 7.68. The van der Waals surface area contributed by atoms with Gasteiger partial charge in [-0.2, -0.15) is 0 Å². The summed E-state index contributed by atoms with van der Waals surface area (Å²) in [5.74, 6) is -0.0392. The Morgan fingerprint density at radius 1 is 1.31 bits per heavy atom. The van der Waals surface area contributed by atoms with Gasteiger partial charge in [0.15, 0.2) is 0 Å². The predicted molar refractivity (Wildman–Crippen MR) is 64.5 cm³/mol. The normalized spacial score (nSPS) is 14.7. The van der Waals surface area contributed by atoms with Gasteiger partial charge in [0, 0.05) is 23.2 Å². The number of thiazole rings is 1. The molecule has 0 saturated carbocycles. The Bertz CT molecular complexity index is 455. The van der Waals surface area contributed by atoms with Crippen LogP contribution in [0.15, 0.2) is 29.8 Å². The van der Waals surface area contributed by atoms with Crippen LogP contribution in [-0.2, 0) is 0 Å². The van der Waals surface area contributed by atoms with Crippen molar-refractivity contribution in [3.05, 3.63) is 46.2 Å². The topological polar surface area (TPSA) is 46.0 Å². The summed E-state index contributed by atoms with van der Waals surface area (Å²) in [5, 5.41) is 13.0. The van der Waals surface area contributed by atoms with E-state index < -0.39 is 6.10 Å². The van der Waals surface area contributed by atoms with Gasteiger partial charge in [-0.1, -0.05) is 13.0 Å². The van der Waals surface area contributed by atoms with Gasteiger partial charge in [0.2, 0.25) is 0 Å². The Morgan fingerprint density at radius 2 is 2.12 bits per heavy atom. The fraction of sp³-hybridized carbons (Fsp3) is 0.333. The minimum Gasteiger partial charge on any atom is -0.386 e. The zero-order chi connectivity index (χ0) is 11.5. The predicted octanol–water partition coefficient (Wildman–Crippen LogP) is 2.68. The molecule has 0 spiro atoms. The molecular formula is C12H14N2OS. The number of pyridine rings is 1. The molecule has 84 valence electrons. The summed E-state index contributed by atoms with van der Waals surface area (Å²) in [5.41, 5.74) is 1.63. The van der Waals surface area contributed by atoms with E-state index >= 15 is 0 Å². The molecule has 0 aliphatic rings. The van der Waals surface area contributed by atoms with E-state index in [0.29, 0.717) is 0 Å². The third kappa shape index (κ3) is 2.28. The Labute approximate surface area is 98.8 Å². The van der Waals surface area contributed by atoms with E-state index in [4.69, 9.17) is 0 Å². The molecule has 0 amide bonds. The molecule has 2 atom stereocenters. The third-order valence-electron chi connectivity index (χ3n) is 2.57. The zero-order valence-corrected chi connectivity index (χ0v) is 10.1. The van der Waals surface area contributed by atoms with E-state index in [1.807, 2.05) is 37.4 Å². The summed E-state index contributed by atoms with van der Waals surface area (Å²) in [4.78, 5) is 8.55. The molecule has 0 radical (unpaired) electrons. The van der Waals surface area contributed by atoms with Crippen molar-refractivity contribution >= 4 is 11.3 Å². The number of nitrogens with zero attached hydrogens (tertiary/aromatic N) is 2. The van der Waals surface area contributed by atoms with Crippen LogP contribution in [0.5, 0.6) is 0 Å². The zero-order valence-electron chi connectivity index (χ0n) is 9.29. The molecular weight excluding hydrogens is 220 g/mol. The first kappa shape index (κ1) is 11.2. The van der Waals surface area contributed by atoms with Crippen molar-refractivity contribution in [3.63, 3.8) is 0 Å². The lowest BCUT2D eigenvalue weighted by molar-refractivity contribution is 0.146. The van der Waals surface area contributed by atoms with Crippen molar-refractivity contribution in [1.82, 2.24) is 9.97 Å². The smallest absolute Gasteiger partial charge is 0.105 e. The Kier molecular flexibility index (Phi) is 3.31. The number of aliphatic hydroxyl groups is 1. The Balaban J connectivity index is 2.19. The second kappa shape index (κ2) is 4.72. The number of aliphatic hydroxyl groups excluding tert-OH is 1. The molecule has 2 aromatic rings. The fourth-order valence-electron chi connectivity index (χ4n) is 1.58. The summed E-state index contributed by atoms with van der Waals surface area (Å²) in [6.45, 7) is 3.90. The van der Waals surface area contributed by atoms with Gasteiger partial charge < -0.3 is 5.11 Å². The fourth-order valence-corrected chi connectivity index (χ4v) is 2.22. The minimum atomic E-state index is -0.583. The van der Waals surface area contributed by atoms with E-state index in [9.17, 15) is 5.11 Å². The lowest BCUT2D eigenvalue weighted by Crippen LogP contribution is -2.09. The van der Waals surface area contributed by atoms with E-state index in [-0.39, 0.29) is 5.92 Å². The third-order valence-corrected chi connectivity index (χ3v) is 3.36. The van der Waals surface area contributed by atoms with Crippen LogP contribution in [-0.4, -0.2) is 15.1 Å². The van der Waals surface area contributed by atoms with Crippen LogP contribution in [0.3, 0.4) is 0 Å². The van der Waals surface area contributed by atoms with Gasteiger partial charge in [-0.15, -0.1) is 11.3 Å². The first-order valence-electron chi connectivity index (χ1n) is 5.19. The number of aryl methyl sites for hydroxylation is 1. The van der Waals surface area contributed by atoms with Crippen LogP contribution >= 0.6 is 11.3 Å². The molecule has 2 aromatic heterocycles. The highest BCUT2D eigenvalue weighted by Crippen LogP contribution is 2.29. The summed E-state index contributed by atoms with van der Waals surface area (Å²) in [6.07, 6.45) is 1.16. The lowest BCUT2D eigenvalue weighted by Gasteiger charge is -2.16. The largest absolute Gasteiger partial charge is 0.386 e. The van der Waals surface area contributed by atoms with Crippen molar-refractivity contribution in [2.75, 3.05) is 0 Å². The number of hydrogen-bond donors (Lipinski definition) is 1. The van der Waals surface area contributed by atoms with Crippen molar-refractivity contribution in [2.45, 2.75) is 25.9 Å². The molecule has 0 bridgehead atoms. The SMILES string of the molecule is Cc1nc(C(O)C(C)c2ccccn2)cs1. The maximum Gasteiger partial charge on any atom is 0.105 e. The molecule has 0 aliphatic carbocycles. The lowest BCUT2D eigenvalue weighted by atomic mass is 9.98. The van der Waals surface area contributed by atoms with Crippen molar-refractivity contribution in [1.29, 1.82) is 0 Å². The van der Waals surface area contributed by atoms with Crippen LogP contribution in [0.1, 0.15) is 35.3 Å². The molecule has 2 rings (SSSR count). The highest BCUT2D eigenvalue weighted by atomic mass is 32.1. The summed E-state index contributed by atoms with van der Waals surface area (Å²) in [7, 11) is 0. The molecule has 0 aliphatic heterocycles. The number of hydrogen-bond acceptors (Lipinski definition) is 4. The molecule has 0 aromatic carbocycles. The van der Waals surface area contributed by atoms with E-state index in [1.54, 1.807) is 17.5 Å². The van der Waals surface area contributed by atoms with Gasteiger partial charge in [0.25, 0.3) is 0 Å². The molecule has 3 nitrogen and oxygen atoms in total. The standard InChI is InChI=1S/C12H14N2OS/c1-8(10-5-3-4-6-13-10)12(15)11-7-16-9(2)14-11/h3-8,12,15H,1-2H3. The average Bonchev–Trinajstić information content (AvgIpc) is 2.75. The van der Waals surface area contributed by atoms with Crippen molar-refractivity contribution in [2.24, 2.45) is 0 Å². The average molecular weight is 234 g/mol. The molecule has 16 heavy (non-hydrogen) atoms. The van der Waals surface area contributed by atoms with E-state index in [0.717, 1.165) is 16.4 Å². The van der Waals surface area contributed by atoms with Crippen molar-refractivity contribution < 1.29 is 5.11 Å². The Morgan fingerprint density at radius 3 is 2.69 bits per heavy atom. The molecule has 0 saturated heterocycles. The maximum absolute atomic E-state index is 10.2. The van der Waals surface area contributed by atoms with Gasteiger partial charge >= 0.3 is 0 Å². The number of rotatable bonds is 3. The summed E-state index contributed by atoms with van der Waals surface area (Å²) >= 11 is 1.55. The van der Waals surface area contributed by atoms with Crippen molar-refractivity contribution in [3.8, 4) is 0 Å². The highest BCUT2D eigenvalue weighted by molar-refractivity contribution is 7.09. The molecule has 1 N–H and O–H groups in total. The van der Waals surface area contributed by atoms with Crippen LogP contribution in [0.25, 0.3) is 0 Å². The second-order valence-electron chi connectivity index (χ2n) is 3.78. The van der Waals surface area contributed by atoms with Gasteiger partial charge in [0.05, 0.1) is 10.7 Å². The highest BCUT2D eigenvalue weighted by Gasteiger charge is 2.21. The van der Waals surface area contributed by atoms with E-state index in [1.165, 1.54) is 0 Å². The van der Waals surface area contributed by atoms with Gasteiger partial charge in [-0.25, -0.2) is 4.98 Å². The molecule has 2 unspecified atom stereocenters.